The highest BCUT2D eigenvalue weighted by molar-refractivity contribution is 7.09. The lowest BCUT2D eigenvalue weighted by atomic mass is 9.70. The van der Waals surface area contributed by atoms with Gasteiger partial charge in [0.05, 0.1) is 5.01 Å². The number of fused-ring (bicyclic) bond motifs is 1. The molecule has 3 heteroatoms. The van der Waals surface area contributed by atoms with Crippen LogP contribution in [0.3, 0.4) is 0 Å². The molecule has 0 bridgehead atoms. The number of aromatic nitrogens is 1. The standard InChI is InChI=1S/C18H24N2S/c1-13-12-21-16(20-13)9-11-19-17-15-7-5-4-6-14(15)8-10-18(17,2)3/h4-7,12,17,19H,8-11H2,1-3H3. The summed E-state index contributed by atoms with van der Waals surface area (Å²) in [6.45, 7) is 7.82. The number of nitrogens with one attached hydrogen (secondary N) is 1. The van der Waals surface area contributed by atoms with Crippen molar-refractivity contribution in [3.63, 3.8) is 0 Å². The third-order valence-corrected chi connectivity index (χ3v) is 5.57. The van der Waals surface area contributed by atoms with Gasteiger partial charge in [0.15, 0.2) is 0 Å². The van der Waals surface area contributed by atoms with Crippen molar-refractivity contribution in [1.29, 1.82) is 0 Å². The molecule has 0 spiro atoms. The maximum Gasteiger partial charge on any atom is 0.0940 e. The minimum Gasteiger partial charge on any atom is -0.309 e. The van der Waals surface area contributed by atoms with E-state index in [0.717, 1.165) is 18.7 Å². The van der Waals surface area contributed by atoms with Crippen molar-refractivity contribution in [2.75, 3.05) is 6.54 Å². The molecule has 1 aliphatic carbocycles. The Morgan fingerprint density at radius 3 is 2.90 bits per heavy atom. The first-order valence-electron chi connectivity index (χ1n) is 7.78. The number of nitrogens with zero attached hydrogens (tertiary/aromatic N) is 1. The van der Waals surface area contributed by atoms with E-state index in [-0.39, 0.29) is 0 Å². The minimum atomic E-state index is 0.313. The molecule has 2 nitrogen and oxygen atoms in total. The topological polar surface area (TPSA) is 24.9 Å². The molecule has 0 aliphatic heterocycles. The highest BCUT2D eigenvalue weighted by Crippen LogP contribution is 2.43. The van der Waals surface area contributed by atoms with Crippen molar-refractivity contribution in [2.45, 2.75) is 46.1 Å². The molecule has 0 saturated carbocycles. The van der Waals surface area contributed by atoms with E-state index >= 15 is 0 Å². The van der Waals surface area contributed by atoms with Crippen molar-refractivity contribution in [2.24, 2.45) is 5.41 Å². The van der Waals surface area contributed by atoms with Crippen LogP contribution in [0, 0.1) is 12.3 Å². The van der Waals surface area contributed by atoms with E-state index in [4.69, 9.17) is 0 Å². The van der Waals surface area contributed by atoms with Crippen LogP contribution in [0.25, 0.3) is 0 Å². The maximum atomic E-state index is 4.55. The molecule has 1 aliphatic rings. The fourth-order valence-corrected chi connectivity index (χ4v) is 4.07. The lowest BCUT2D eigenvalue weighted by Gasteiger charge is -2.40. The Morgan fingerprint density at radius 2 is 2.14 bits per heavy atom. The first kappa shape index (κ1) is 14.7. The predicted molar refractivity (Wildman–Crippen MR) is 89.8 cm³/mol. The summed E-state index contributed by atoms with van der Waals surface area (Å²) in [4.78, 5) is 4.55. The second-order valence-corrected chi connectivity index (χ2v) is 7.65. The summed E-state index contributed by atoms with van der Waals surface area (Å²) in [5.41, 5.74) is 4.45. The molecule has 112 valence electrons. The smallest absolute Gasteiger partial charge is 0.0940 e. The normalized spacial score (nSPS) is 20.2. The molecule has 1 N–H and O–H groups in total. The molecule has 1 aromatic heterocycles. The van der Waals surface area contributed by atoms with Crippen LogP contribution in [-0.4, -0.2) is 11.5 Å². The summed E-state index contributed by atoms with van der Waals surface area (Å²) < 4.78 is 0. The van der Waals surface area contributed by atoms with Crippen LogP contribution >= 0.6 is 11.3 Å². The Labute approximate surface area is 131 Å². The van der Waals surface area contributed by atoms with E-state index in [1.54, 1.807) is 11.3 Å². The molecule has 0 saturated heterocycles. The molecule has 21 heavy (non-hydrogen) atoms. The molecule has 0 fully saturated rings. The molecular formula is C18H24N2S. The predicted octanol–water partition coefficient (Wildman–Crippen LogP) is 4.30. The molecule has 3 rings (SSSR count). The zero-order chi connectivity index (χ0) is 14.9. The largest absolute Gasteiger partial charge is 0.309 e. The summed E-state index contributed by atoms with van der Waals surface area (Å²) in [7, 11) is 0. The van der Waals surface area contributed by atoms with E-state index in [0.29, 0.717) is 11.5 Å². The third-order valence-electron chi connectivity index (χ3n) is 4.54. The van der Waals surface area contributed by atoms with Crippen LogP contribution < -0.4 is 5.32 Å². The van der Waals surface area contributed by atoms with Gasteiger partial charge in [-0.2, -0.15) is 0 Å². The summed E-state index contributed by atoms with van der Waals surface area (Å²) >= 11 is 1.77. The number of rotatable bonds is 4. The van der Waals surface area contributed by atoms with Crippen molar-refractivity contribution < 1.29 is 0 Å². The van der Waals surface area contributed by atoms with Gasteiger partial charge in [0, 0.05) is 30.1 Å². The average molecular weight is 300 g/mol. The Bertz CT molecular complexity index is 615. The molecule has 1 atom stereocenters. The van der Waals surface area contributed by atoms with Crippen molar-refractivity contribution in [1.82, 2.24) is 10.3 Å². The summed E-state index contributed by atoms with van der Waals surface area (Å²) in [6, 6.07) is 9.35. The van der Waals surface area contributed by atoms with Crippen molar-refractivity contribution in [3.05, 3.63) is 51.5 Å². The Morgan fingerprint density at radius 1 is 1.33 bits per heavy atom. The maximum absolute atomic E-state index is 4.55. The molecule has 1 heterocycles. The molecule has 0 amide bonds. The van der Waals surface area contributed by atoms with Crippen molar-refractivity contribution >= 4 is 11.3 Å². The fraction of sp³-hybridized carbons (Fsp3) is 0.500. The van der Waals surface area contributed by atoms with Gasteiger partial charge in [0.2, 0.25) is 0 Å². The molecule has 1 unspecified atom stereocenters. The Balaban J connectivity index is 1.70. The summed E-state index contributed by atoms with van der Waals surface area (Å²) in [5, 5.41) is 7.16. The number of aryl methyl sites for hydroxylation is 2. The van der Waals surface area contributed by atoms with Gasteiger partial charge in [-0.15, -0.1) is 11.3 Å². The van der Waals surface area contributed by atoms with Crippen LogP contribution in [0.4, 0.5) is 0 Å². The van der Waals surface area contributed by atoms with E-state index in [1.807, 2.05) is 0 Å². The lowest BCUT2D eigenvalue weighted by molar-refractivity contribution is 0.210. The summed E-state index contributed by atoms with van der Waals surface area (Å²) in [5.74, 6) is 0. The highest BCUT2D eigenvalue weighted by atomic mass is 32.1. The first-order chi connectivity index (χ1) is 10.1. The SMILES string of the molecule is Cc1csc(CCNC2c3ccccc3CCC2(C)C)n1. The molecule has 1 aromatic carbocycles. The van der Waals surface area contributed by atoms with Gasteiger partial charge in [-0.25, -0.2) is 4.98 Å². The van der Waals surface area contributed by atoms with Gasteiger partial charge in [-0.05, 0) is 36.3 Å². The molecule has 2 aromatic rings. The quantitative estimate of drug-likeness (QED) is 0.910. The molecular weight excluding hydrogens is 276 g/mol. The molecule has 0 radical (unpaired) electrons. The zero-order valence-corrected chi connectivity index (χ0v) is 14.0. The van der Waals surface area contributed by atoms with Crippen LogP contribution in [0.15, 0.2) is 29.6 Å². The van der Waals surface area contributed by atoms with Gasteiger partial charge in [0.1, 0.15) is 0 Å². The van der Waals surface area contributed by atoms with E-state index in [1.165, 1.54) is 29.0 Å². The zero-order valence-electron chi connectivity index (χ0n) is 13.1. The fourth-order valence-electron chi connectivity index (χ4n) is 3.29. The second kappa shape index (κ2) is 5.90. The van der Waals surface area contributed by atoms with Gasteiger partial charge in [-0.3, -0.25) is 0 Å². The van der Waals surface area contributed by atoms with E-state index < -0.39 is 0 Å². The Kier molecular flexibility index (Phi) is 4.14. The minimum absolute atomic E-state index is 0.313. The lowest BCUT2D eigenvalue weighted by Crippen LogP contribution is -2.39. The average Bonchev–Trinajstić information content (AvgIpc) is 2.87. The second-order valence-electron chi connectivity index (χ2n) is 6.71. The van der Waals surface area contributed by atoms with Crippen LogP contribution in [-0.2, 0) is 12.8 Å². The van der Waals surface area contributed by atoms with Crippen LogP contribution in [0.1, 0.15) is 48.1 Å². The van der Waals surface area contributed by atoms with Gasteiger partial charge < -0.3 is 5.32 Å². The van der Waals surface area contributed by atoms with Gasteiger partial charge in [0.25, 0.3) is 0 Å². The highest BCUT2D eigenvalue weighted by Gasteiger charge is 2.35. The number of thiazole rings is 1. The summed E-state index contributed by atoms with van der Waals surface area (Å²) in [6.07, 6.45) is 3.47. The van der Waals surface area contributed by atoms with E-state index in [9.17, 15) is 0 Å². The van der Waals surface area contributed by atoms with E-state index in [2.05, 4.69) is 60.7 Å². The Hall–Kier alpha value is -1.19. The van der Waals surface area contributed by atoms with Gasteiger partial charge in [-0.1, -0.05) is 38.1 Å². The van der Waals surface area contributed by atoms with Crippen LogP contribution in [0.2, 0.25) is 0 Å². The number of benzene rings is 1. The third kappa shape index (κ3) is 3.19. The number of hydrogen-bond acceptors (Lipinski definition) is 3. The van der Waals surface area contributed by atoms with Crippen molar-refractivity contribution in [3.8, 4) is 0 Å². The number of hydrogen-bond donors (Lipinski definition) is 1. The van der Waals surface area contributed by atoms with Gasteiger partial charge >= 0.3 is 0 Å². The van der Waals surface area contributed by atoms with Crippen LogP contribution in [0.5, 0.6) is 0 Å². The first-order valence-corrected chi connectivity index (χ1v) is 8.66. The monoisotopic (exact) mass is 300 g/mol.